The number of Topliss-reactive ketones (excluding diaryl/α,β-unsaturated/α-hetero) is 1. The third-order valence-corrected chi connectivity index (χ3v) is 1.97. The molecule has 3 heteroatoms. The van der Waals surface area contributed by atoms with Crippen molar-refractivity contribution in [3.8, 4) is 11.5 Å². The number of benzene rings is 1. The van der Waals surface area contributed by atoms with Crippen LogP contribution in [0, 0.1) is 0 Å². The summed E-state index contributed by atoms with van der Waals surface area (Å²) < 4.78 is 5.15. The molecule has 1 aromatic carbocycles. The molecule has 0 amide bonds. The van der Waals surface area contributed by atoms with Crippen molar-refractivity contribution in [3.63, 3.8) is 0 Å². The summed E-state index contributed by atoms with van der Waals surface area (Å²) in [5.41, 5.74) is 1.37. The SMILES string of the molecule is CC(=O)c1ccccc1-c1ncco1. The minimum Gasteiger partial charge on any atom is -0.445 e. The van der Waals surface area contributed by atoms with E-state index in [2.05, 4.69) is 4.98 Å². The number of carbonyl (C=O) groups excluding carboxylic acids is 1. The molecule has 0 fully saturated rings. The Morgan fingerprint density at radius 2 is 2.14 bits per heavy atom. The Bertz CT molecular complexity index is 446. The maximum atomic E-state index is 11.3. The van der Waals surface area contributed by atoms with Crippen LogP contribution >= 0.6 is 0 Å². The number of hydrogen-bond acceptors (Lipinski definition) is 3. The summed E-state index contributed by atoms with van der Waals surface area (Å²) in [5, 5.41) is 0. The van der Waals surface area contributed by atoms with Gasteiger partial charge in [0, 0.05) is 11.1 Å². The first-order valence-electron chi connectivity index (χ1n) is 4.29. The maximum Gasteiger partial charge on any atom is 0.226 e. The Hall–Kier alpha value is -1.90. The van der Waals surface area contributed by atoms with Gasteiger partial charge in [0.15, 0.2) is 5.78 Å². The molecule has 0 radical (unpaired) electrons. The van der Waals surface area contributed by atoms with Crippen molar-refractivity contribution in [3.05, 3.63) is 42.3 Å². The molecule has 1 heterocycles. The lowest BCUT2D eigenvalue weighted by Gasteiger charge is -2.01. The van der Waals surface area contributed by atoms with Crippen LogP contribution in [0.15, 0.2) is 41.1 Å². The zero-order chi connectivity index (χ0) is 9.97. The minimum atomic E-state index is 0.0128. The van der Waals surface area contributed by atoms with Crippen LogP contribution in [-0.4, -0.2) is 10.8 Å². The maximum absolute atomic E-state index is 11.3. The van der Waals surface area contributed by atoms with Gasteiger partial charge in [-0.15, -0.1) is 0 Å². The fourth-order valence-corrected chi connectivity index (χ4v) is 1.33. The first kappa shape index (κ1) is 8.69. The van der Waals surface area contributed by atoms with E-state index in [9.17, 15) is 4.79 Å². The predicted octanol–water partition coefficient (Wildman–Crippen LogP) is 2.54. The van der Waals surface area contributed by atoms with Crippen LogP contribution in [0.5, 0.6) is 0 Å². The molecule has 0 unspecified atom stereocenters. The van der Waals surface area contributed by atoms with Gasteiger partial charge in [-0.25, -0.2) is 4.98 Å². The van der Waals surface area contributed by atoms with Gasteiger partial charge < -0.3 is 4.42 Å². The second-order valence-corrected chi connectivity index (χ2v) is 2.94. The van der Waals surface area contributed by atoms with E-state index in [1.54, 1.807) is 12.3 Å². The van der Waals surface area contributed by atoms with E-state index >= 15 is 0 Å². The number of aromatic nitrogens is 1. The normalized spacial score (nSPS) is 10.1. The molecule has 2 aromatic rings. The zero-order valence-corrected chi connectivity index (χ0v) is 7.73. The van der Waals surface area contributed by atoms with Crippen molar-refractivity contribution in [2.75, 3.05) is 0 Å². The van der Waals surface area contributed by atoms with Gasteiger partial charge in [0.05, 0.1) is 6.20 Å². The Labute approximate surface area is 81.4 Å². The first-order chi connectivity index (χ1) is 6.79. The Morgan fingerprint density at radius 1 is 1.36 bits per heavy atom. The molecule has 70 valence electrons. The van der Waals surface area contributed by atoms with Crippen molar-refractivity contribution in [1.29, 1.82) is 0 Å². The largest absolute Gasteiger partial charge is 0.445 e. The highest BCUT2D eigenvalue weighted by atomic mass is 16.3. The van der Waals surface area contributed by atoms with Crippen LogP contribution in [0.4, 0.5) is 0 Å². The number of carbonyl (C=O) groups is 1. The standard InChI is InChI=1S/C11H9NO2/c1-8(13)9-4-2-3-5-10(9)11-12-6-7-14-11/h2-7H,1H3. The van der Waals surface area contributed by atoms with Crippen molar-refractivity contribution < 1.29 is 9.21 Å². The van der Waals surface area contributed by atoms with E-state index in [1.165, 1.54) is 13.2 Å². The van der Waals surface area contributed by atoms with Crippen molar-refractivity contribution in [2.45, 2.75) is 6.92 Å². The molecule has 3 nitrogen and oxygen atoms in total. The number of nitrogens with zero attached hydrogens (tertiary/aromatic N) is 1. The quantitative estimate of drug-likeness (QED) is 0.678. The summed E-state index contributed by atoms with van der Waals surface area (Å²) >= 11 is 0. The summed E-state index contributed by atoms with van der Waals surface area (Å²) in [6, 6.07) is 7.26. The first-order valence-corrected chi connectivity index (χ1v) is 4.29. The van der Waals surface area contributed by atoms with Gasteiger partial charge in [-0.3, -0.25) is 4.79 Å². The van der Waals surface area contributed by atoms with E-state index in [1.807, 2.05) is 18.2 Å². The fourth-order valence-electron chi connectivity index (χ4n) is 1.33. The van der Waals surface area contributed by atoms with E-state index < -0.39 is 0 Å². The van der Waals surface area contributed by atoms with Crippen LogP contribution in [0.25, 0.3) is 11.5 Å². The van der Waals surface area contributed by atoms with E-state index in [0.29, 0.717) is 11.5 Å². The van der Waals surface area contributed by atoms with E-state index in [-0.39, 0.29) is 5.78 Å². The molecule has 0 aliphatic rings. The fraction of sp³-hybridized carbons (Fsp3) is 0.0909. The van der Waals surface area contributed by atoms with Crippen LogP contribution in [0.1, 0.15) is 17.3 Å². The summed E-state index contributed by atoms with van der Waals surface area (Å²) in [4.78, 5) is 15.3. The molecule has 0 aliphatic heterocycles. The van der Waals surface area contributed by atoms with Gasteiger partial charge in [0.1, 0.15) is 6.26 Å². The molecule has 0 spiro atoms. The number of hydrogen-bond donors (Lipinski definition) is 0. The molecule has 14 heavy (non-hydrogen) atoms. The van der Waals surface area contributed by atoms with Crippen molar-refractivity contribution >= 4 is 5.78 Å². The summed E-state index contributed by atoms with van der Waals surface area (Å²) in [5.74, 6) is 0.495. The molecule has 0 aliphatic carbocycles. The molecule has 2 rings (SSSR count). The Kier molecular flexibility index (Phi) is 2.14. The van der Waals surface area contributed by atoms with Gasteiger partial charge in [-0.05, 0) is 13.0 Å². The second-order valence-electron chi connectivity index (χ2n) is 2.94. The monoisotopic (exact) mass is 187 g/mol. The Morgan fingerprint density at radius 3 is 2.79 bits per heavy atom. The molecule has 0 bridgehead atoms. The summed E-state index contributed by atoms with van der Waals surface area (Å²) in [6.45, 7) is 1.53. The number of ketones is 1. The highest BCUT2D eigenvalue weighted by Crippen LogP contribution is 2.21. The molecular formula is C11H9NO2. The highest BCUT2D eigenvalue weighted by Gasteiger charge is 2.10. The van der Waals surface area contributed by atoms with Crippen LogP contribution < -0.4 is 0 Å². The average Bonchev–Trinajstić information content (AvgIpc) is 2.70. The topological polar surface area (TPSA) is 43.1 Å². The molecule has 0 saturated carbocycles. The zero-order valence-electron chi connectivity index (χ0n) is 7.73. The third kappa shape index (κ3) is 1.44. The summed E-state index contributed by atoms with van der Waals surface area (Å²) in [6.07, 6.45) is 3.05. The smallest absolute Gasteiger partial charge is 0.226 e. The van der Waals surface area contributed by atoms with Crippen molar-refractivity contribution in [2.24, 2.45) is 0 Å². The van der Waals surface area contributed by atoms with Gasteiger partial charge in [-0.2, -0.15) is 0 Å². The summed E-state index contributed by atoms with van der Waals surface area (Å²) in [7, 11) is 0. The van der Waals surface area contributed by atoms with Gasteiger partial charge >= 0.3 is 0 Å². The minimum absolute atomic E-state index is 0.0128. The van der Waals surface area contributed by atoms with Gasteiger partial charge in [0.25, 0.3) is 0 Å². The number of rotatable bonds is 2. The molecule has 0 saturated heterocycles. The van der Waals surface area contributed by atoms with E-state index in [0.717, 1.165) is 5.56 Å². The highest BCUT2D eigenvalue weighted by molar-refractivity contribution is 5.99. The molecular weight excluding hydrogens is 178 g/mol. The molecule has 1 aromatic heterocycles. The number of oxazole rings is 1. The van der Waals surface area contributed by atoms with Crippen LogP contribution in [0.3, 0.4) is 0 Å². The van der Waals surface area contributed by atoms with Crippen molar-refractivity contribution in [1.82, 2.24) is 4.98 Å². The second kappa shape index (κ2) is 3.46. The molecule has 0 atom stereocenters. The Balaban J connectivity index is 2.58. The lowest BCUT2D eigenvalue weighted by molar-refractivity contribution is 0.101. The predicted molar refractivity (Wildman–Crippen MR) is 51.9 cm³/mol. The van der Waals surface area contributed by atoms with Gasteiger partial charge in [0.2, 0.25) is 5.89 Å². The lowest BCUT2D eigenvalue weighted by Crippen LogP contribution is -1.95. The van der Waals surface area contributed by atoms with E-state index in [4.69, 9.17) is 4.42 Å². The lowest BCUT2D eigenvalue weighted by atomic mass is 10.0. The van der Waals surface area contributed by atoms with Crippen LogP contribution in [-0.2, 0) is 0 Å². The van der Waals surface area contributed by atoms with Crippen LogP contribution in [0.2, 0.25) is 0 Å². The van der Waals surface area contributed by atoms with Gasteiger partial charge in [-0.1, -0.05) is 18.2 Å². The average molecular weight is 187 g/mol. The molecule has 0 N–H and O–H groups in total. The third-order valence-electron chi connectivity index (χ3n) is 1.97.